The Kier molecular flexibility index (Phi) is 2.64. The molecule has 1 saturated heterocycles. The first-order valence-corrected chi connectivity index (χ1v) is 4.98. The van der Waals surface area contributed by atoms with Crippen molar-refractivity contribution in [1.82, 2.24) is 4.98 Å². The van der Waals surface area contributed by atoms with Crippen LogP contribution in [0.5, 0.6) is 0 Å². The Morgan fingerprint density at radius 3 is 2.60 bits per heavy atom. The lowest BCUT2D eigenvalue weighted by Crippen LogP contribution is -2.25. The first kappa shape index (κ1) is 10.8. The Morgan fingerprint density at radius 1 is 1.47 bits per heavy atom. The fourth-order valence-electron chi connectivity index (χ4n) is 1.41. The molecule has 1 aliphatic rings. The third kappa shape index (κ3) is 2.26. The van der Waals surface area contributed by atoms with Crippen LogP contribution in [0.3, 0.4) is 0 Å². The average Bonchev–Trinajstić information content (AvgIpc) is 1.97. The molecule has 0 aliphatic carbocycles. The first-order chi connectivity index (χ1) is 6.97. The van der Waals surface area contributed by atoms with Gasteiger partial charge in [0.15, 0.2) is 0 Å². The monoisotopic (exact) mass is 233 g/mol. The molecule has 0 spiro atoms. The van der Waals surface area contributed by atoms with Crippen LogP contribution in [0, 0.1) is 0 Å². The molecule has 0 amide bonds. The largest absolute Gasteiger partial charge is 0.380 e. The van der Waals surface area contributed by atoms with E-state index in [1.807, 2.05) is 0 Å². The predicted molar refractivity (Wildman–Crippen MR) is 52.4 cm³/mol. The van der Waals surface area contributed by atoms with E-state index in [0.29, 0.717) is 13.2 Å². The van der Waals surface area contributed by atoms with Crippen molar-refractivity contribution in [2.24, 2.45) is 0 Å². The predicted octanol–water partition coefficient (Wildman–Crippen LogP) is 2.96. The highest BCUT2D eigenvalue weighted by atomic mass is 35.5. The van der Waals surface area contributed by atoms with E-state index in [0.717, 1.165) is 12.5 Å². The van der Waals surface area contributed by atoms with Crippen LogP contribution in [-0.4, -0.2) is 18.2 Å². The third-order valence-corrected chi connectivity index (χ3v) is 2.57. The van der Waals surface area contributed by atoms with E-state index in [1.165, 1.54) is 6.07 Å². The van der Waals surface area contributed by atoms with Crippen molar-refractivity contribution in [3.8, 4) is 0 Å². The zero-order chi connectivity index (χ0) is 11.1. The van der Waals surface area contributed by atoms with Gasteiger partial charge in [0, 0.05) is 12.8 Å². The molecule has 5 heteroatoms. The van der Waals surface area contributed by atoms with Crippen molar-refractivity contribution in [2.75, 3.05) is 13.2 Å². The maximum atomic E-state index is 13.0. The first-order valence-electron chi connectivity index (χ1n) is 4.60. The van der Waals surface area contributed by atoms with Gasteiger partial charge in [0.1, 0.15) is 10.8 Å². The molecule has 2 rings (SSSR count). The summed E-state index contributed by atoms with van der Waals surface area (Å²) in [5.74, 6) is -2.78. The number of halogens is 3. The van der Waals surface area contributed by atoms with Crippen molar-refractivity contribution in [3.05, 3.63) is 28.5 Å². The van der Waals surface area contributed by atoms with Crippen LogP contribution in [0.4, 0.5) is 8.78 Å². The zero-order valence-corrected chi connectivity index (χ0v) is 8.89. The summed E-state index contributed by atoms with van der Waals surface area (Å²) in [6.45, 7) is 1.94. The van der Waals surface area contributed by atoms with Gasteiger partial charge in [0.05, 0.1) is 13.2 Å². The number of alkyl halides is 2. The number of ether oxygens (including phenoxy) is 1. The molecule has 1 fully saturated rings. The zero-order valence-electron chi connectivity index (χ0n) is 8.14. The second-order valence-corrected chi connectivity index (χ2v) is 4.12. The van der Waals surface area contributed by atoms with Gasteiger partial charge in [-0.3, -0.25) is 0 Å². The van der Waals surface area contributed by atoms with Gasteiger partial charge in [-0.25, -0.2) is 4.98 Å². The summed E-state index contributed by atoms with van der Waals surface area (Å²) in [6.07, 6.45) is 0. The topological polar surface area (TPSA) is 22.1 Å². The molecule has 0 radical (unpaired) electrons. The summed E-state index contributed by atoms with van der Waals surface area (Å²) in [4.78, 5) is 3.62. The molecule has 15 heavy (non-hydrogen) atoms. The minimum Gasteiger partial charge on any atom is -0.380 e. The van der Waals surface area contributed by atoms with Crippen molar-refractivity contribution in [2.45, 2.75) is 18.8 Å². The number of pyridine rings is 1. The molecule has 82 valence electrons. The van der Waals surface area contributed by atoms with Gasteiger partial charge >= 0.3 is 0 Å². The molecule has 0 aromatic carbocycles. The molecule has 1 aromatic rings. The van der Waals surface area contributed by atoms with E-state index in [-0.39, 0.29) is 16.8 Å². The molecule has 2 heterocycles. The van der Waals surface area contributed by atoms with E-state index in [4.69, 9.17) is 16.3 Å². The van der Waals surface area contributed by atoms with Gasteiger partial charge in [0.25, 0.3) is 5.92 Å². The lowest BCUT2D eigenvalue weighted by atomic mass is 9.97. The summed E-state index contributed by atoms with van der Waals surface area (Å²) < 4.78 is 31.1. The molecule has 0 unspecified atom stereocenters. The van der Waals surface area contributed by atoms with E-state index in [2.05, 4.69) is 4.98 Å². The summed E-state index contributed by atoms with van der Waals surface area (Å²) >= 11 is 5.70. The smallest absolute Gasteiger partial charge is 0.287 e. The van der Waals surface area contributed by atoms with Crippen LogP contribution in [0.15, 0.2) is 12.1 Å². The standard InChI is InChI=1S/C10H10ClF2NO/c1-10(12,13)8-2-6(3-9(11)14-8)7-4-15-5-7/h2-3,7H,4-5H2,1H3. The summed E-state index contributed by atoms with van der Waals surface area (Å²) in [5, 5.41) is 0.107. The Hall–Kier alpha value is -0.740. The Balaban J connectivity index is 2.36. The Labute approximate surface area is 91.2 Å². The minimum atomic E-state index is -2.95. The van der Waals surface area contributed by atoms with Gasteiger partial charge in [-0.1, -0.05) is 11.6 Å². The highest BCUT2D eigenvalue weighted by Crippen LogP contribution is 2.31. The molecule has 2 nitrogen and oxygen atoms in total. The van der Waals surface area contributed by atoms with Crippen molar-refractivity contribution in [1.29, 1.82) is 0 Å². The summed E-state index contributed by atoms with van der Waals surface area (Å²) in [7, 11) is 0. The molecule has 1 aliphatic heterocycles. The van der Waals surface area contributed by atoms with Crippen LogP contribution in [-0.2, 0) is 10.7 Å². The van der Waals surface area contributed by atoms with Crippen LogP contribution in [0.1, 0.15) is 24.1 Å². The van der Waals surface area contributed by atoms with Crippen molar-refractivity contribution >= 4 is 11.6 Å². The number of rotatable bonds is 2. The summed E-state index contributed by atoms with van der Waals surface area (Å²) in [6, 6.07) is 3.02. The van der Waals surface area contributed by atoms with Gasteiger partial charge in [0.2, 0.25) is 0 Å². The molecule has 1 aromatic heterocycles. The van der Waals surface area contributed by atoms with Crippen LogP contribution in [0.2, 0.25) is 5.15 Å². The second kappa shape index (κ2) is 3.68. The number of nitrogens with zero attached hydrogens (tertiary/aromatic N) is 1. The SMILES string of the molecule is CC(F)(F)c1cc(C2COC2)cc(Cl)n1. The fraction of sp³-hybridized carbons (Fsp3) is 0.500. The molecular formula is C10H10ClF2NO. The molecule has 0 bridgehead atoms. The summed E-state index contributed by atoms with van der Waals surface area (Å²) in [5.41, 5.74) is 0.495. The van der Waals surface area contributed by atoms with Gasteiger partial charge < -0.3 is 4.74 Å². The van der Waals surface area contributed by atoms with E-state index >= 15 is 0 Å². The van der Waals surface area contributed by atoms with Crippen LogP contribution >= 0.6 is 11.6 Å². The number of hydrogen-bond acceptors (Lipinski definition) is 2. The van der Waals surface area contributed by atoms with Gasteiger partial charge in [-0.15, -0.1) is 0 Å². The number of aromatic nitrogens is 1. The van der Waals surface area contributed by atoms with Crippen molar-refractivity contribution < 1.29 is 13.5 Å². The lowest BCUT2D eigenvalue weighted by molar-refractivity contribution is 0.00501. The van der Waals surface area contributed by atoms with Gasteiger partial charge in [-0.05, 0) is 17.7 Å². The van der Waals surface area contributed by atoms with Crippen LogP contribution in [0.25, 0.3) is 0 Å². The van der Waals surface area contributed by atoms with Crippen molar-refractivity contribution in [3.63, 3.8) is 0 Å². The third-order valence-electron chi connectivity index (χ3n) is 2.38. The van der Waals surface area contributed by atoms with Gasteiger partial charge in [-0.2, -0.15) is 8.78 Å². The quantitative estimate of drug-likeness (QED) is 0.733. The highest BCUT2D eigenvalue weighted by molar-refractivity contribution is 6.29. The lowest BCUT2D eigenvalue weighted by Gasteiger charge is -2.27. The van der Waals surface area contributed by atoms with E-state index < -0.39 is 5.92 Å². The maximum absolute atomic E-state index is 13.0. The highest BCUT2D eigenvalue weighted by Gasteiger charge is 2.29. The molecule has 0 saturated carbocycles. The molecule has 0 atom stereocenters. The maximum Gasteiger partial charge on any atom is 0.287 e. The van der Waals surface area contributed by atoms with Crippen LogP contribution < -0.4 is 0 Å². The second-order valence-electron chi connectivity index (χ2n) is 3.73. The molecular weight excluding hydrogens is 224 g/mol. The van der Waals surface area contributed by atoms with E-state index in [1.54, 1.807) is 6.07 Å². The minimum absolute atomic E-state index is 0.107. The normalized spacial score (nSPS) is 17.6. The Morgan fingerprint density at radius 2 is 2.13 bits per heavy atom. The number of hydrogen-bond donors (Lipinski definition) is 0. The average molecular weight is 234 g/mol. The van der Waals surface area contributed by atoms with E-state index in [9.17, 15) is 8.78 Å². The fourth-order valence-corrected chi connectivity index (χ4v) is 1.62. The molecule has 0 N–H and O–H groups in total. The Bertz CT molecular complexity index is 374.